The number of nitrogens with one attached hydrogen (secondary N) is 3. The Hall–Kier alpha value is -3.81. The Morgan fingerprint density at radius 3 is 2.54 bits per heavy atom. The van der Waals surface area contributed by atoms with E-state index < -0.39 is 21.7 Å². The van der Waals surface area contributed by atoms with Gasteiger partial charge in [0.15, 0.2) is 0 Å². The van der Waals surface area contributed by atoms with Crippen LogP contribution in [0.25, 0.3) is 22.4 Å². The van der Waals surface area contributed by atoms with Gasteiger partial charge in [-0.15, -0.1) is 11.3 Å². The number of benzene rings is 1. The predicted octanol–water partition coefficient (Wildman–Crippen LogP) is 2.90. The van der Waals surface area contributed by atoms with Crippen molar-refractivity contribution in [1.82, 2.24) is 24.8 Å². The molecule has 0 spiro atoms. The summed E-state index contributed by atoms with van der Waals surface area (Å²) in [5, 5.41) is 5.51. The number of hydrogen-bond donors (Lipinski definition) is 3. The normalized spacial score (nSPS) is 14.3. The minimum Gasteiger partial charge on any atom is -0.381 e. The Bertz CT molecular complexity index is 1750. The van der Waals surface area contributed by atoms with Crippen LogP contribution >= 0.6 is 11.3 Å². The summed E-state index contributed by atoms with van der Waals surface area (Å²) in [5.74, 6) is -0.515. The lowest BCUT2D eigenvalue weighted by Gasteiger charge is -2.20. The topological polar surface area (TPSA) is 148 Å². The smallest absolute Gasteiger partial charge is 0.261 e. The number of hydrogen-bond acceptors (Lipinski definition) is 9. The zero-order valence-electron chi connectivity index (χ0n) is 23.3. The number of aromatic nitrogens is 3. The molecule has 1 aromatic carbocycles. The van der Waals surface area contributed by atoms with E-state index in [1.54, 1.807) is 47.7 Å². The molecule has 216 valence electrons. The van der Waals surface area contributed by atoms with Crippen molar-refractivity contribution in [3.05, 3.63) is 67.8 Å². The first-order valence-electron chi connectivity index (χ1n) is 13.2. The highest BCUT2D eigenvalue weighted by molar-refractivity contribution is 7.90. The molecule has 4 aromatic rings. The summed E-state index contributed by atoms with van der Waals surface area (Å²) in [5.41, 5.74) is 3.39. The lowest BCUT2D eigenvalue weighted by atomic mass is 10.1. The van der Waals surface area contributed by atoms with Crippen molar-refractivity contribution in [2.45, 2.75) is 26.3 Å². The van der Waals surface area contributed by atoms with E-state index in [9.17, 15) is 22.8 Å². The van der Waals surface area contributed by atoms with Crippen LogP contribution in [0.2, 0.25) is 0 Å². The number of nitrogens with zero attached hydrogens (tertiary/aromatic N) is 3. The lowest BCUT2D eigenvalue weighted by Crippen LogP contribution is -2.38. The molecule has 2 amide bonds. The third-order valence-electron chi connectivity index (χ3n) is 7.18. The number of aromatic amines is 2. The second kappa shape index (κ2) is 11.2. The van der Waals surface area contributed by atoms with Gasteiger partial charge >= 0.3 is 0 Å². The van der Waals surface area contributed by atoms with Crippen LogP contribution in [0.4, 0.5) is 5.69 Å². The number of amides is 2. The number of thiophene rings is 1. The zero-order chi connectivity index (χ0) is 29.5. The number of aryl methyl sites for hydroxylation is 1. The molecule has 4 heterocycles. The highest BCUT2D eigenvalue weighted by Crippen LogP contribution is 2.30. The molecule has 1 atom stereocenters. The standard InChI is InChI=1S/C28H32N6O5S2/c1-16-6-11-40-23(16)13-17(2)30-20-5-7-29-26(35)24(20)25-31-21-14-18-19(15-22(21)32-25)28(37)34(27(18)36)9-8-33(3)10-12-41(4,38)39/h5-7,11,14-15,17H,8-10,12-13H2,1-4H3,(H,31,32)(H2,29,30,35)/t17-/m0/s1. The van der Waals surface area contributed by atoms with Gasteiger partial charge in [-0.1, -0.05) is 0 Å². The Balaban J connectivity index is 1.36. The van der Waals surface area contributed by atoms with E-state index in [0.29, 0.717) is 41.2 Å². The van der Waals surface area contributed by atoms with Gasteiger partial charge in [0, 0.05) is 49.4 Å². The molecule has 5 rings (SSSR count). The van der Waals surface area contributed by atoms with E-state index in [2.05, 4.69) is 45.6 Å². The fraction of sp³-hybridized carbons (Fsp3) is 0.357. The van der Waals surface area contributed by atoms with Gasteiger partial charge < -0.3 is 20.2 Å². The molecule has 0 fully saturated rings. The number of carbonyl (C=O) groups is 2. The van der Waals surface area contributed by atoms with Gasteiger partial charge in [-0.3, -0.25) is 19.3 Å². The summed E-state index contributed by atoms with van der Waals surface area (Å²) in [6.45, 7) is 4.92. The number of fused-ring (bicyclic) bond motifs is 2. The van der Waals surface area contributed by atoms with E-state index in [-0.39, 0.29) is 35.0 Å². The molecule has 3 aromatic heterocycles. The monoisotopic (exact) mass is 596 g/mol. The molecule has 0 unspecified atom stereocenters. The van der Waals surface area contributed by atoms with Crippen molar-refractivity contribution in [3.63, 3.8) is 0 Å². The van der Waals surface area contributed by atoms with Gasteiger partial charge in [0.1, 0.15) is 21.2 Å². The number of imide groups is 1. The Morgan fingerprint density at radius 2 is 1.85 bits per heavy atom. The van der Waals surface area contributed by atoms with Gasteiger partial charge in [-0.05, 0) is 56.1 Å². The van der Waals surface area contributed by atoms with Crippen molar-refractivity contribution >= 4 is 49.7 Å². The van der Waals surface area contributed by atoms with Crippen LogP contribution in [-0.2, 0) is 16.3 Å². The maximum Gasteiger partial charge on any atom is 0.261 e. The van der Waals surface area contributed by atoms with Crippen LogP contribution < -0.4 is 10.9 Å². The van der Waals surface area contributed by atoms with Crippen molar-refractivity contribution < 1.29 is 18.0 Å². The number of H-pyrrole nitrogens is 2. The molecule has 1 aliphatic rings. The Morgan fingerprint density at radius 1 is 1.12 bits per heavy atom. The third kappa shape index (κ3) is 6.11. The SMILES string of the molecule is Cc1ccsc1C[C@H](C)Nc1cc[nH]c(=O)c1-c1nc2cc3c(cc2[nH]1)C(=O)N(CCN(C)CCS(C)(=O)=O)C3=O. The number of imidazole rings is 1. The van der Waals surface area contributed by atoms with Crippen LogP contribution in [-0.4, -0.2) is 89.7 Å². The molecule has 3 N–H and O–H groups in total. The first kappa shape index (κ1) is 28.7. The molecule has 41 heavy (non-hydrogen) atoms. The number of anilines is 1. The summed E-state index contributed by atoms with van der Waals surface area (Å²) < 4.78 is 22.9. The minimum absolute atomic E-state index is 0.000947. The molecule has 0 saturated heterocycles. The molecule has 11 nitrogen and oxygen atoms in total. The number of pyridine rings is 1. The molecule has 0 radical (unpaired) electrons. The fourth-order valence-electron chi connectivity index (χ4n) is 4.86. The molecule has 0 bridgehead atoms. The zero-order valence-corrected chi connectivity index (χ0v) is 24.9. The molecule has 13 heteroatoms. The van der Waals surface area contributed by atoms with Crippen molar-refractivity contribution in [3.8, 4) is 11.4 Å². The van der Waals surface area contributed by atoms with Crippen LogP contribution in [0.5, 0.6) is 0 Å². The first-order chi connectivity index (χ1) is 19.4. The van der Waals surface area contributed by atoms with Gasteiger partial charge in [0.25, 0.3) is 17.4 Å². The highest BCUT2D eigenvalue weighted by atomic mass is 32.2. The summed E-state index contributed by atoms with van der Waals surface area (Å²) in [4.78, 5) is 53.9. The third-order valence-corrected chi connectivity index (χ3v) is 9.15. The van der Waals surface area contributed by atoms with Crippen molar-refractivity contribution in [1.29, 1.82) is 0 Å². The van der Waals surface area contributed by atoms with E-state index in [0.717, 1.165) is 6.42 Å². The lowest BCUT2D eigenvalue weighted by molar-refractivity contribution is 0.0642. The van der Waals surface area contributed by atoms with Crippen LogP contribution in [0.3, 0.4) is 0 Å². The molecular weight excluding hydrogens is 564 g/mol. The summed E-state index contributed by atoms with van der Waals surface area (Å²) in [6.07, 6.45) is 3.56. The van der Waals surface area contributed by atoms with Gasteiger partial charge in [0.2, 0.25) is 0 Å². The van der Waals surface area contributed by atoms with Gasteiger partial charge in [-0.25, -0.2) is 13.4 Å². The minimum atomic E-state index is -3.11. The molecule has 0 aliphatic carbocycles. The second-order valence-corrected chi connectivity index (χ2v) is 13.8. The maximum atomic E-state index is 13.1. The fourth-order valence-corrected chi connectivity index (χ4v) is 6.54. The van der Waals surface area contributed by atoms with Crippen molar-refractivity contribution in [2.75, 3.05) is 44.0 Å². The Kier molecular flexibility index (Phi) is 7.86. The number of rotatable bonds is 11. The summed E-state index contributed by atoms with van der Waals surface area (Å²) in [7, 11) is -1.36. The molecule has 0 saturated carbocycles. The van der Waals surface area contributed by atoms with Crippen LogP contribution in [0.1, 0.15) is 38.1 Å². The second-order valence-electron chi connectivity index (χ2n) is 10.6. The number of carbonyl (C=O) groups excluding carboxylic acids is 2. The molecular formula is C28H32N6O5S2. The average Bonchev–Trinajstić information content (AvgIpc) is 3.56. The van der Waals surface area contributed by atoms with Gasteiger partial charge in [0.05, 0.1) is 33.6 Å². The van der Waals surface area contributed by atoms with E-state index >= 15 is 0 Å². The van der Waals surface area contributed by atoms with E-state index in [4.69, 9.17) is 0 Å². The van der Waals surface area contributed by atoms with Crippen LogP contribution in [0, 0.1) is 6.92 Å². The Labute approximate surface area is 241 Å². The summed E-state index contributed by atoms with van der Waals surface area (Å²) in [6, 6.07) is 7.10. The quantitative estimate of drug-likeness (QED) is 0.224. The van der Waals surface area contributed by atoms with E-state index in [1.807, 2.05) is 0 Å². The average molecular weight is 597 g/mol. The maximum absolute atomic E-state index is 13.1. The largest absolute Gasteiger partial charge is 0.381 e. The first-order valence-corrected chi connectivity index (χ1v) is 16.1. The predicted molar refractivity (Wildman–Crippen MR) is 161 cm³/mol. The number of sulfone groups is 1. The highest BCUT2D eigenvalue weighted by Gasteiger charge is 2.36. The van der Waals surface area contributed by atoms with Crippen LogP contribution in [0.15, 0.2) is 40.6 Å². The number of likely N-dealkylation sites (N-methyl/N-ethyl adjacent to an activating group) is 1. The van der Waals surface area contributed by atoms with Gasteiger partial charge in [-0.2, -0.15) is 0 Å². The summed E-state index contributed by atoms with van der Waals surface area (Å²) >= 11 is 1.70. The molecule has 1 aliphatic heterocycles. The van der Waals surface area contributed by atoms with E-state index in [1.165, 1.54) is 21.6 Å². The van der Waals surface area contributed by atoms with Crippen molar-refractivity contribution in [2.24, 2.45) is 0 Å².